The molecule has 12 heteroatoms. The molecule has 0 aromatic rings. The molecule has 316 valence electrons. The lowest BCUT2D eigenvalue weighted by molar-refractivity contribution is -0.161. The molecule has 4 N–H and O–H groups in total. The number of hydrogen-bond donors (Lipinski definition) is 3. The average Bonchev–Trinajstić information content (AvgIpc) is 3.14. The predicted molar refractivity (Wildman–Crippen MR) is 217 cm³/mol. The number of nitrogens with two attached hydrogens (primary N) is 1. The molecule has 0 spiro atoms. The third-order valence-corrected chi connectivity index (χ3v) is 10.2. The van der Waals surface area contributed by atoms with Gasteiger partial charge in [0.15, 0.2) is 6.10 Å². The van der Waals surface area contributed by atoms with E-state index >= 15 is 0 Å². The van der Waals surface area contributed by atoms with Crippen molar-refractivity contribution in [3.05, 3.63) is 24.3 Å². The Hall–Kier alpha value is -2.04. The maximum Gasteiger partial charge on any atom is 0.472 e. The molecule has 3 unspecified atom stereocenters. The summed E-state index contributed by atoms with van der Waals surface area (Å²) >= 11 is 0. The summed E-state index contributed by atoms with van der Waals surface area (Å²) in [7, 11) is -4.71. The van der Waals surface area contributed by atoms with Gasteiger partial charge in [0.05, 0.1) is 13.2 Å². The quantitative estimate of drug-likeness (QED) is 0.0233. The van der Waals surface area contributed by atoms with Crippen LogP contribution in [0.2, 0.25) is 0 Å². The van der Waals surface area contributed by atoms with E-state index in [4.69, 9.17) is 24.8 Å². The van der Waals surface area contributed by atoms with Crippen molar-refractivity contribution in [2.24, 2.45) is 5.73 Å². The highest BCUT2D eigenvalue weighted by Gasteiger charge is 2.28. The molecule has 0 aliphatic rings. The summed E-state index contributed by atoms with van der Waals surface area (Å²) in [6.07, 6.45) is 38.1. The standard InChI is InChI=1S/C42H78NO10P/c1-3-5-7-9-11-13-15-17-19-21-23-25-27-29-31-33-40(44)50-35-38(36-51-54(48,49)52-37-39(43)42(46)47)53-41(45)34-32-30-28-26-24-22-20-18-16-14-12-10-8-6-4-2/h12,14,18,20,38-39H,3-11,13,15-17,19,21-37,43H2,1-2H3,(H,46,47)(H,48,49). The molecule has 0 aliphatic carbocycles. The van der Waals surface area contributed by atoms with E-state index < -0.39 is 51.1 Å². The van der Waals surface area contributed by atoms with E-state index in [2.05, 4.69) is 42.7 Å². The van der Waals surface area contributed by atoms with E-state index in [0.717, 1.165) is 64.2 Å². The lowest BCUT2D eigenvalue weighted by Gasteiger charge is -2.20. The van der Waals surface area contributed by atoms with Crippen LogP contribution in [0.3, 0.4) is 0 Å². The molecule has 0 aromatic heterocycles. The Morgan fingerprint density at radius 1 is 0.574 bits per heavy atom. The Morgan fingerprint density at radius 2 is 0.981 bits per heavy atom. The van der Waals surface area contributed by atoms with E-state index in [0.29, 0.717) is 12.8 Å². The number of carboxylic acids is 1. The fraction of sp³-hybridized carbons (Fsp3) is 0.833. The topological polar surface area (TPSA) is 172 Å². The highest BCUT2D eigenvalue weighted by atomic mass is 31.2. The number of carboxylic acid groups (broad SMARTS) is 1. The van der Waals surface area contributed by atoms with Gasteiger partial charge in [-0.1, -0.05) is 160 Å². The van der Waals surface area contributed by atoms with Crippen molar-refractivity contribution in [1.29, 1.82) is 0 Å². The first-order valence-corrected chi connectivity index (χ1v) is 22.9. The summed E-state index contributed by atoms with van der Waals surface area (Å²) in [6.45, 7) is 2.77. The van der Waals surface area contributed by atoms with Crippen molar-refractivity contribution in [3.63, 3.8) is 0 Å². The van der Waals surface area contributed by atoms with Crippen LogP contribution in [-0.4, -0.2) is 59.9 Å². The summed E-state index contributed by atoms with van der Waals surface area (Å²) in [5, 5.41) is 8.88. The van der Waals surface area contributed by atoms with Crippen molar-refractivity contribution in [2.45, 2.75) is 206 Å². The molecule has 0 bridgehead atoms. The average molecular weight is 788 g/mol. The second-order valence-electron chi connectivity index (χ2n) is 14.5. The van der Waals surface area contributed by atoms with Gasteiger partial charge in [0.2, 0.25) is 0 Å². The van der Waals surface area contributed by atoms with Gasteiger partial charge in [-0.2, -0.15) is 0 Å². The Bertz CT molecular complexity index is 1020. The van der Waals surface area contributed by atoms with Gasteiger partial charge in [-0.15, -0.1) is 0 Å². The fourth-order valence-electron chi connectivity index (χ4n) is 5.80. The van der Waals surface area contributed by atoms with Crippen LogP contribution in [-0.2, 0) is 37.5 Å². The predicted octanol–water partition coefficient (Wildman–Crippen LogP) is 11.1. The van der Waals surface area contributed by atoms with Gasteiger partial charge in [-0.3, -0.25) is 23.4 Å². The second kappa shape index (κ2) is 37.9. The van der Waals surface area contributed by atoms with Crippen LogP contribution in [0.4, 0.5) is 0 Å². The van der Waals surface area contributed by atoms with Crippen LogP contribution in [0, 0.1) is 0 Å². The number of aliphatic carboxylic acids is 1. The van der Waals surface area contributed by atoms with E-state index in [1.165, 1.54) is 89.9 Å². The summed E-state index contributed by atoms with van der Waals surface area (Å²) in [5.41, 5.74) is 5.33. The first kappa shape index (κ1) is 52.0. The van der Waals surface area contributed by atoms with E-state index in [1.807, 2.05) is 0 Å². The highest BCUT2D eigenvalue weighted by molar-refractivity contribution is 7.47. The molecule has 11 nitrogen and oxygen atoms in total. The second-order valence-corrected chi connectivity index (χ2v) is 15.9. The first-order chi connectivity index (χ1) is 26.1. The first-order valence-electron chi connectivity index (χ1n) is 21.4. The lowest BCUT2D eigenvalue weighted by atomic mass is 10.0. The van der Waals surface area contributed by atoms with Crippen LogP contribution >= 0.6 is 7.82 Å². The summed E-state index contributed by atoms with van der Waals surface area (Å²) in [4.78, 5) is 45.9. The monoisotopic (exact) mass is 788 g/mol. The zero-order valence-corrected chi connectivity index (χ0v) is 35.0. The third kappa shape index (κ3) is 36.9. The van der Waals surface area contributed by atoms with Crippen molar-refractivity contribution in [1.82, 2.24) is 0 Å². The van der Waals surface area contributed by atoms with Gasteiger partial charge in [0.1, 0.15) is 12.6 Å². The van der Waals surface area contributed by atoms with Gasteiger partial charge in [0, 0.05) is 12.8 Å². The number of carbonyl (C=O) groups is 3. The normalized spacial score (nSPS) is 14.0. The van der Waals surface area contributed by atoms with Gasteiger partial charge in [0.25, 0.3) is 0 Å². The molecule has 54 heavy (non-hydrogen) atoms. The molecule has 0 aromatic carbocycles. The number of ether oxygens (including phenoxy) is 2. The summed E-state index contributed by atoms with van der Waals surface area (Å²) in [6, 6.07) is -1.52. The van der Waals surface area contributed by atoms with E-state index in [-0.39, 0.29) is 19.4 Å². The Balaban J connectivity index is 4.38. The zero-order valence-electron chi connectivity index (χ0n) is 34.1. The molecule has 0 saturated carbocycles. The van der Waals surface area contributed by atoms with Crippen LogP contribution in [0.5, 0.6) is 0 Å². The molecule has 0 saturated heterocycles. The number of rotatable bonds is 40. The minimum Gasteiger partial charge on any atom is -0.480 e. The molecule has 3 atom stereocenters. The van der Waals surface area contributed by atoms with Gasteiger partial charge in [-0.25, -0.2) is 4.57 Å². The zero-order chi connectivity index (χ0) is 40.0. The summed E-state index contributed by atoms with van der Waals surface area (Å²) < 4.78 is 32.7. The number of phosphoric acid groups is 1. The Labute approximate surface area is 328 Å². The fourth-order valence-corrected chi connectivity index (χ4v) is 6.58. The Morgan fingerprint density at radius 3 is 1.48 bits per heavy atom. The molecular formula is C42H78NO10P. The van der Waals surface area contributed by atoms with Crippen molar-refractivity contribution in [2.75, 3.05) is 19.8 Å². The third-order valence-electron chi connectivity index (χ3n) is 9.20. The SMILES string of the molecule is CCCCCC=CCC=CCCCCCCCC(=O)OC(COC(=O)CCCCCCCCCCCCCCCCC)COP(=O)(O)OCC(N)C(=O)O. The molecule has 0 rings (SSSR count). The number of esters is 2. The van der Waals surface area contributed by atoms with E-state index in [1.54, 1.807) is 0 Å². The van der Waals surface area contributed by atoms with Gasteiger partial charge < -0.3 is 25.2 Å². The van der Waals surface area contributed by atoms with Crippen molar-refractivity contribution < 1.29 is 47.5 Å². The van der Waals surface area contributed by atoms with Gasteiger partial charge in [-0.05, 0) is 44.9 Å². The molecule has 0 fully saturated rings. The van der Waals surface area contributed by atoms with Crippen molar-refractivity contribution in [3.8, 4) is 0 Å². The largest absolute Gasteiger partial charge is 0.480 e. The van der Waals surface area contributed by atoms with E-state index in [9.17, 15) is 23.8 Å². The maximum absolute atomic E-state index is 12.6. The maximum atomic E-state index is 12.6. The number of carbonyl (C=O) groups excluding carboxylic acids is 2. The minimum atomic E-state index is -4.71. The highest BCUT2D eigenvalue weighted by Crippen LogP contribution is 2.43. The number of allylic oxidation sites excluding steroid dienone is 4. The van der Waals surface area contributed by atoms with Crippen LogP contribution in [0.15, 0.2) is 24.3 Å². The van der Waals surface area contributed by atoms with Crippen LogP contribution in [0.1, 0.15) is 194 Å². The Kier molecular flexibility index (Phi) is 36.4. The number of phosphoric ester groups is 1. The molecule has 0 heterocycles. The minimum absolute atomic E-state index is 0.148. The van der Waals surface area contributed by atoms with Gasteiger partial charge >= 0.3 is 25.7 Å². The number of hydrogen-bond acceptors (Lipinski definition) is 9. The number of unbranched alkanes of at least 4 members (excludes halogenated alkanes) is 22. The van der Waals surface area contributed by atoms with Crippen LogP contribution < -0.4 is 5.73 Å². The molecule has 0 amide bonds. The van der Waals surface area contributed by atoms with Crippen LogP contribution in [0.25, 0.3) is 0 Å². The molecule has 0 radical (unpaired) electrons. The smallest absolute Gasteiger partial charge is 0.472 e. The lowest BCUT2D eigenvalue weighted by Crippen LogP contribution is -2.34. The van der Waals surface area contributed by atoms with Crippen molar-refractivity contribution >= 4 is 25.7 Å². The molecule has 0 aliphatic heterocycles. The molecular weight excluding hydrogens is 709 g/mol. The summed E-state index contributed by atoms with van der Waals surface area (Å²) in [5.74, 6) is -2.39.